The molecule has 2 aromatic rings. The number of nitrogens with one attached hydrogen (secondary N) is 1. The Bertz CT molecular complexity index is 717. The summed E-state index contributed by atoms with van der Waals surface area (Å²) in [5, 5.41) is 32.8. The summed E-state index contributed by atoms with van der Waals surface area (Å²) in [5.74, 6) is 0.664. The van der Waals surface area contributed by atoms with Crippen LogP contribution in [0.5, 0.6) is 0 Å². The van der Waals surface area contributed by atoms with Crippen LogP contribution in [0.2, 0.25) is 0 Å². The second-order valence-corrected chi connectivity index (χ2v) is 6.40. The summed E-state index contributed by atoms with van der Waals surface area (Å²) in [5.41, 5.74) is 1.11. The van der Waals surface area contributed by atoms with E-state index >= 15 is 0 Å². The van der Waals surface area contributed by atoms with Crippen molar-refractivity contribution < 1.29 is 20.1 Å². The van der Waals surface area contributed by atoms with Gasteiger partial charge in [0.05, 0.1) is 12.9 Å². The van der Waals surface area contributed by atoms with Crippen molar-refractivity contribution in [2.75, 3.05) is 11.9 Å². The molecule has 3 heterocycles. The first-order valence-electron chi connectivity index (χ1n) is 8.25. The number of rotatable bonds is 4. The van der Waals surface area contributed by atoms with E-state index in [0.717, 1.165) is 12.8 Å². The van der Waals surface area contributed by atoms with Crippen molar-refractivity contribution in [3.8, 4) is 0 Å². The lowest BCUT2D eigenvalue weighted by molar-refractivity contribution is -0.0511. The molecule has 4 atom stereocenters. The van der Waals surface area contributed by atoms with E-state index in [1.165, 1.54) is 25.5 Å². The highest BCUT2D eigenvalue weighted by atomic mass is 16.6. The predicted molar refractivity (Wildman–Crippen MR) is 84.2 cm³/mol. The first-order chi connectivity index (χ1) is 11.7. The van der Waals surface area contributed by atoms with Gasteiger partial charge in [-0.1, -0.05) is 12.8 Å². The Morgan fingerprint density at radius 2 is 1.96 bits per heavy atom. The first-order valence-corrected chi connectivity index (χ1v) is 8.25. The SMILES string of the molecule is OC[C@H]1O[C@@H](n2cnc3c(NC4CCCC4)ncnc32)[C@@H](O)C1O. The van der Waals surface area contributed by atoms with E-state index < -0.39 is 24.5 Å². The van der Waals surface area contributed by atoms with Crippen LogP contribution in [0.25, 0.3) is 11.2 Å². The van der Waals surface area contributed by atoms with Crippen LogP contribution in [0, 0.1) is 0 Å². The molecule has 0 amide bonds. The zero-order valence-electron chi connectivity index (χ0n) is 13.1. The maximum atomic E-state index is 10.2. The summed E-state index contributed by atoms with van der Waals surface area (Å²) >= 11 is 0. The van der Waals surface area contributed by atoms with Gasteiger partial charge < -0.3 is 25.4 Å². The highest BCUT2D eigenvalue weighted by Crippen LogP contribution is 2.32. The standard InChI is InChI=1S/C15H21N5O4/c21-5-9-11(22)12(23)15(24-9)20-7-18-10-13(16-6-17-14(10)20)19-8-3-1-2-4-8/h6-9,11-12,15,21-23H,1-5H2,(H,16,17,19)/t9-,11?,12+,15-/m1/s1. The van der Waals surface area contributed by atoms with Crippen LogP contribution in [-0.4, -0.2) is 65.8 Å². The second-order valence-electron chi connectivity index (χ2n) is 6.40. The molecule has 1 aliphatic heterocycles. The molecule has 1 aliphatic carbocycles. The van der Waals surface area contributed by atoms with Crippen molar-refractivity contribution in [1.29, 1.82) is 0 Å². The minimum atomic E-state index is -1.17. The van der Waals surface area contributed by atoms with Crippen LogP contribution in [0.15, 0.2) is 12.7 Å². The first kappa shape index (κ1) is 15.7. The van der Waals surface area contributed by atoms with Gasteiger partial charge in [0, 0.05) is 6.04 Å². The topological polar surface area (TPSA) is 126 Å². The molecule has 9 heteroatoms. The molecule has 2 fully saturated rings. The van der Waals surface area contributed by atoms with Crippen molar-refractivity contribution in [2.24, 2.45) is 0 Å². The lowest BCUT2D eigenvalue weighted by Crippen LogP contribution is -2.33. The van der Waals surface area contributed by atoms with Gasteiger partial charge in [0.15, 0.2) is 23.2 Å². The van der Waals surface area contributed by atoms with Gasteiger partial charge in [-0.3, -0.25) is 4.57 Å². The third-order valence-corrected chi connectivity index (χ3v) is 4.85. The number of nitrogens with zero attached hydrogens (tertiary/aromatic N) is 4. The third kappa shape index (κ3) is 2.53. The van der Waals surface area contributed by atoms with Crippen LogP contribution in [-0.2, 0) is 4.74 Å². The van der Waals surface area contributed by atoms with E-state index in [4.69, 9.17) is 4.74 Å². The van der Waals surface area contributed by atoms with Crippen LogP contribution in [0.3, 0.4) is 0 Å². The summed E-state index contributed by atoms with van der Waals surface area (Å²) in [6.45, 7) is -0.370. The smallest absolute Gasteiger partial charge is 0.167 e. The average molecular weight is 335 g/mol. The summed E-state index contributed by atoms with van der Waals surface area (Å²) in [6.07, 6.45) is 3.60. The Balaban J connectivity index is 1.65. The fraction of sp³-hybridized carbons (Fsp3) is 0.667. The van der Waals surface area contributed by atoms with Crippen LogP contribution < -0.4 is 5.32 Å². The van der Waals surface area contributed by atoms with Gasteiger partial charge >= 0.3 is 0 Å². The molecule has 24 heavy (non-hydrogen) atoms. The van der Waals surface area contributed by atoms with Gasteiger partial charge in [0.2, 0.25) is 0 Å². The molecule has 9 nitrogen and oxygen atoms in total. The molecule has 1 saturated carbocycles. The molecule has 2 aromatic heterocycles. The highest BCUT2D eigenvalue weighted by Gasteiger charge is 2.44. The fourth-order valence-electron chi connectivity index (χ4n) is 3.52. The lowest BCUT2D eigenvalue weighted by Gasteiger charge is -2.17. The number of anilines is 1. The summed E-state index contributed by atoms with van der Waals surface area (Å²) < 4.78 is 7.12. The molecule has 4 rings (SSSR count). The normalized spacial score (nSPS) is 31.1. The number of aromatic nitrogens is 4. The number of fused-ring (bicyclic) bond motifs is 1. The minimum absolute atomic E-state index is 0.370. The van der Waals surface area contributed by atoms with Crippen molar-refractivity contribution in [3.05, 3.63) is 12.7 Å². The van der Waals surface area contributed by atoms with Crippen LogP contribution in [0.1, 0.15) is 31.9 Å². The van der Waals surface area contributed by atoms with Crippen molar-refractivity contribution in [1.82, 2.24) is 19.5 Å². The molecule has 0 radical (unpaired) electrons. The highest BCUT2D eigenvalue weighted by molar-refractivity contribution is 5.82. The maximum Gasteiger partial charge on any atom is 0.167 e. The average Bonchev–Trinajstić information content (AvgIpc) is 3.30. The molecule has 0 aromatic carbocycles. The lowest BCUT2D eigenvalue weighted by atomic mass is 10.1. The number of imidazole rings is 1. The molecule has 1 unspecified atom stereocenters. The Labute approximate surface area is 138 Å². The summed E-state index contributed by atoms with van der Waals surface area (Å²) in [4.78, 5) is 12.9. The summed E-state index contributed by atoms with van der Waals surface area (Å²) in [7, 11) is 0. The van der Waals surface area contributed by atoms with E-state index in [9.17, 15) is 15.3 Å². The van der Waals surface area contributed by atoms with E-state index in [0.29, 0.717) is 23.0 Å². The van der Waals surface area contributed by atoms with Crippen molar-refractivity contribution in [3.63, 3.8) is 0 Å². The largest absolute Gasteiger partial charge is 0.394 e. The Morgan fingerprint density at radius 1 is 1.17 bits per heavy atom. The van der Waals surface area contributed by atoms with E-state index in [2.05, 4.69) is 20.3 Å². The second kappa shape index (κ2) is 6.25. The van der Waals surface area contributed by atoms with Gasteiger partial charge in [-0.05, 0) is 12.8 Å². The molecular weight excluding hydrogens is 314 g/mol. The number of hydrogen-bond acceptors (Lipinski definition) is 8. The summed E-state index contributed by atoms with van der Waals surface area (Å²) in [6, 6.07) is 0.391. The number of hydrogen-bond donors (Lipinski definition) is 4. The Kier molecular flexibility index (Phi) is 4.09. The van der Waals surface area contributed by atoms with Gasteiger partial charge in [-0.25, -0.2) is 15.0 Å². The predicted octanol–water partition coefficient (Wildman–Crippen LogP) is -0.208. The minimum Gasteiger partial charge on any atom is -0.394 e. The quantitative estimate of drug-likeness (QED) is 0.605. The maximum absolute atomic E-state index is 10.2. The molecular formula is C15H21N5O4. The number of ether oxygens (including phenoxy) is 1. The number of aliphatic hydroxyl groups is 3. The molecule has 130 valence electrons. The van der Waals surface area contributed by atoms with Crippen molar-refractivity contribution >= 4 is 17.0 Å². The van der Waals surface area contributed by atoms with E-state index in [1.807, 2.05) is 0 Å². The van der Waals surface area contributed by atoms with Gasteiger partial charge in [0.25, 0.3) is 0 Å². The Hall–Kier alpha value is -1.81. The van der Waals surface area contributed by atoms with E-state index in [1.54, 1.807) is 4.57 Å². The molecule has 2 aliphatic rings. The van der Waals surface area contributed by atoms with Gasteiger partial charge in [0.1, 0.15) is 24.6 Å². The molecule has 0 bridgehead atoms. The zero-order chi connectivity index (χ0) is 16.7. The monoisotopic (exact) mass is 335 g/mol. The molecule has 0 spiro atoms. The molecule has 4 N–H and O–H groups in total. The molecule has 1 saturated heterocycles. The number of aliphatic hydroxyl groups excluding tert-OH is 3. The van der Waals surface area contributed by atoms with Crippen LogP contribution in [0.4, 0.5) is 5.82 Å². The van der Waals surface area contributed by atoms with E-state index in [-0.39, 0.29) is 6.61 Å². The third-order valence-electron chi connectivity index (χ3n) is 4.85. The van der Waals surface area contributed by atoms with Crippen LogP contribution >= 0.6 is 0 Å². The van der Waals surface area contributed by atoms with Gasteiger partial charge in [-0.15, -0.1) is 0 Å². The van der Waals surface area contributed by atoms with Crippen molar-refractivity contribution in [2.45, 2.75) is 56.3 Å². The Morgan fingerprint density at radius 3 is 2.67 bits per heavy atom. The zero-order valence-corrected chi connectivity index (χ0v) is 13.1. The van der Waals surface area contributed by atoms with Gasteiger partial charge in [-0.2, -0.15) is 0 Å². The fourth-order valence-corrected chi connectivity index (χ4v) is 3.52.